The molecule has 0 unspecified atom stereocenters. The molecule has 3 amide bonds. The molecule has 2 rings (SSSR count). The largest absolute Gasteiger partial charge is 0.329 e. The smallest absolute Gasteiger partial charge is 0.319 e. The highest BCUT2D eigenvalue weighted by molar-refractivity contribution is 5.96. The number of urea groups is 1. The molecule has 0 radical (unpaired) electrons. The van der Waals surface area contributed by atoms with Crippen LogP contribution >= 0.6 is 0 Å². The second-order valence-electron chi connectivity index (χ2n) is 4.59. The summed E-state index contributed by atoms with van der Waals surface area (Å²) in [6, 6.07) is 5.42. The summed E-state index contributed by atoms with van der Waals surface area (Å²) in [6.45, 7) is -0.478. The van der Waals surface area contributed by atoms with Crippen LogP contribution in [0.2, 0.25) is 0 Å². The average molecular weight is 341 g/mol. The van der Waals surface area contributed by atoms with Gasteiger partial charge in [-0.1, -0.05) is 0 Å². The van der Waals surface area contributed by atoms with Gasteiger partial charge in [-0.05, 0) is 36.4 Å². The molecule has 5 nitrogen and oxygen atoms in total. The van der Waals surface area contributed by atoms with Gasteiger partial charge in [-0.2, -0.15) is 0 Å². The van der Waals surface area contributed by atoms with Crippen molar-refractivity contribution in [3.63, 3.8) is 0 Å². The molecule has 0 aliphatic carbocycles. The van der Waals surface area contributed by atoms with E-state index < -0.39 is 47.4 Å². The SMILES string of the molecule is O=C(CNC(=O)Nc1ccc(F)c(F)c1F)Nc1ccc(F)cc1. The normalized spacial score (nSPS) is 10.2. The maximum Gasteiger partial charge on any atom is 0.319 e. The molecule has 0 bridgehead atoms. The van der Waals surface area contributed by atoms with E-state index in [-0.39, 0.29) is 0 Å². The van der Waals surface area contributed by atoms with Gasteiger partial charge in [0.05, 0.1) is 12.2 Å². The molecule has 24 heavy (non-hydrogen) atoms. The lowest BCUT2D eigenvalue weighted by atomic mass is 10.3. The van der Waals surface area contributed by atoms with E-state index in [9.17, 15) is 27.2 Å². The Morgan fingerprint density at radius 3 is 2.17 bits per heavy atom. The first-order valence-corrected chi connectivity index (χ1v) is 6.60. The maximum absolute atomic E-state index is 13.4. The van der Waals surface area contributed by atoms with Crippen molar-refractivity contribution in [3.05, 3.63) is 59.7 Å². The summed E-state index contributed by atoms with van der Waals surface area (Å²) in [5.74, 6) is -5.76. The van der Waals surface area contributed by atoms with Gasteiger partial charge >= 0.3 is 6.03 Å². The van der Waals surface area contributed by atoms with Crippen molar-refractivity contribution in [2.45, 2.75) is 0 Å². The van der Waals surface area contributed by atoms with E-state index in [0.29, 0.717) is 11.8 Å². The highest BCUT2D eigenvalue weighted by Crippen LogP contribution is 2.19. The second kappa shape index (κ2) is 7.44. The monoisotopic (exact) mass is 341 g/mol. The van der Waals surface area contributed by atoms with Crippen LogP contribution in [-0.4, -0.2) is 18.5 Å². The predicted molar refractivity (Wildman–Crippen MR) is 78.4 cm³/mol. The fourth-order valence-electron chi connectivity index (χ4n) is 1.69. The van der Waals surface area contributed by atoms with E-state index in [2.05, 4.69) is 10.6 Å². The Labute approximate surface area is 133 Å². The van der Waals surface area contributed by atoms with Gasteiger partial charge in [0.25, 0.3) is 0 Å². The highest BCUT2D eigenvalue weighted by Gasteiger charge is 2.15. The van der Waals surface area contributed by atoms with Crippen LogP contribution in [0.1, 0.15) is 0 Å². The van der Waals surface area contributed by atoms with Crippen LogP contribution in [0.3, 0.4) is 0 Å². The molecule has 0 heterocycles. The molecule has 0 saturated heterocycles. The standard InChI is InChI=1S/C15H11F4N3O2/c16-8-1-3-9(4-2-8)21-12(23)7-20-15(24)22-11-6-5-10(17)13(18)14(11)19/h1-6H,7H2,(H,21,23)(H2,20,22,24). The molecule has 2 aromatic carbocycles. The van der Waals surface area contributed by atoms with E-state index in [0.717, 1.165) is 18.2 Å². The highest BCUT2D eigenvalue weighted by atomic mass is 19.2. The Balaban J connectivity index is 1.86. The van der Waals surface area contributed by atoms with Crippen molar-refractivity contribution in [2.24, 2.45) is 0 Å². The molecule has 2 aromatic rings. The molecular weight excluding hydrogens is 330 g/mol. The average Bonchev–Trinajstić information content (AvgIpc) is 2.56. The first kappa shape index (κ1) is 17.3. The number of carbonyl (C=O) groups is 2. The van der Waals surface area contributed by atoms with Crippen LogP contribution in [0.4, 0.5) is 33.7 Å². The zero-order valence-corrected chi connectivity index (χ0v) is 12.0. The Kier molecular flexibility index (Phi) is 5.35. The van der Waals surface area contributed by atoms with Gasteiger partial charge < -0.3 is 16.0 Å². The van der Waals surface area contributed by atoms with Crippen LogP contribution < -0.4 is 16.0 Å². The first-order valence-electron chi connectivity index (χ1n) is 6.60. The number of hydrogen-bond donors (Lipinski definition) is 3. The van der Waals surface area contributed by atoms with E-state index >= 15 is 0 Å². The fourth-order valence-corrected chi connectivity index (χ4v) is 1.69. The Morgan fingerprint density at radius 2 is 1.50 bits per heavy atom. The zero-order chi connectivity index (χ0) is 17.7. The zero-order valence-electron chi connectivity index (χ0n) is 12.0. The van der Waals surface area contributed by atoms with Gasteiger partial charge in [0.1, 0.15) is 5.82 Å². The number of halogens is 4. The summed E-state index contributed by atoms with van der Waals surface area (Å²) in [7, 11) is 0. The van der Waals surface area contributed by atoms with Gasteiger partial charge in [-0.3, -0.25) is 4.79 Å². The molecule has 9 heteroatoms. The molecule has 0 atom stereocenters. The summed E-state index contributed by atoms with van der Waals surface area (Å²) in [5.41, 5.74) is -0.263. The van der Waals surface area contributed by atoms with Gasteiger partial charge in [-0.15, -0.1) is 0 Å². The van der Waals surface area contributed by atoms with E-state index in [4.69, 9.17) is 0 Å². The first-order chi connectivity index (χ1) is 11.4. The number of hydrogen-bond acceptors (Lipinski definition) is 2. The van der Waals surface area contributed by atoms with E-state index in [1.807, 2.05) is 5.32 Å². The lowest BCUT2D eigenvalue weighted by molar-refractivity contribution is -0.115. The Hall–Kier alpha value is -3.10. The second-order valence-corrected chi connectivity index (χ2v) is 4.59. The van der Waals surface area contributed by atoms with Crippen molar-refractivity contribution < 1.29 is 27.2 Å². The third-order valence-corrected chi connectivity index (χ3v) is 2.82. The minimum absolute atomic E-state index is 0.315. The van der Waals surface area contributed by atoms with Crippen molar-refractivity contribution in [3.8, 4) is 0 Å². The van der Waals surface area contributed by atoms with Gasteiger partial charge in [0.2, 0.25) is 5.91 Å². The lowest BCUT2D eigenvalue weighted by Gasteiger charge is -2.09. The molecule has 0 spiro atoms. The summed E-state index contributed by atoms with van der Waals surface area (Å²) in [4.78, 5) is 23.1. The number of anilines is 2. The summed E-state index contributed by atoms with van der Waals surface area (Å²) in [6.07, 6.45) is 0. The summed E-state index contributed by atoms with van der Waals surface area (Å²) < 4.78 is 51.9. The molecule has 0 saturated carbocycles. The van der Waals surface area contributed by atoms with Gasteiger partial charge in [-0.25, -0.2) is 22.4 Å². The minimum atomic E-state index is -1.72. The van der Waals surface area contributed by atoms with Crippen LogP contribution in [0, 0.1) is 23.3 Å². The fraction of sp³-hybridized carbons (Fsp3) is 0.0667. The number of benzene rings is 2. The molecule has 0 aliphatic rings. The van der Waals surface area contributed by atoms with Crippen molar-refractivity contribution in [2.75, 3.05) is 17.2 Å². The molecule has 0 fully saturated rings. The minimum Gasteiger partial charge on any atom is -0.329 e. The third-order valence-electron chi connectivity index (χ3n) is 2.82. The number of nitrogens with one attached hydrogen (secondary N) is 3. The maximum atomic E-state index is 13.4. The number of amides is 3. The summed E-state index contributed by atoms with van der Waals surface area (Å²) in [5, 5.41) is 6.43. The number of rotatable bonds is 4. The lowest BCUT2D eigenvalue weighted by Crippen LogP contribution is -2.36. The van der Waals surface area contributed by atoms with E-state index in [1.165, 1.54) is 12.1 Å². The van der Waals surface area contributed by atoms with Crippen LogP contribution in [0.5, 0.6) is 0 Å². The van der Waals surface area contributed by atoms with Crippen molar-refractivity contribution in [1.29, 1.82) is 0 Å². The molecular formula is C15H11F4N3O2. The van der Waals surface area contributed by atoms with Crippen molar-refractivity contribution >= 4 is 23.3 Å². The summed E-state index contributed by atoms with van der Waals surface area (Å²) >= 11 is 0. The Morgan fingerprint density at radius 1 is 0.833 bits per heavy atom. The topological polar surface area (TPSA) is 70.2 Å². The predicted octanol–water partition coefficient (Wildman–Crippen LogP) is 3.00. The van der Waals surface area contributed by atoms with Crippen LogP contribution in [0.15, 0.2) is 36.4 Å². The van der Waals surface area contributed by atoms with E-state index in [1.54, 1.807) is 0 Å². The van der Waals surface area contributed by atoms with Gasteiger partial charge in [0.15, 0.2) is 17.5 Å². The van der Waals surface area contributed by atoms with Crippen LogP contribution in [-0.2, 0) is 4.79 Å². The van der Waals surface area contributed by atoms with Crippen LogP contribution in [0.25, 0.3) is 0 Å². The molecule has 0 aliphatic heterocycles. The molecule has 0 aromatic heterocycles. The quantitative estimate of drug-likeness (QED) is 0.591. The number of carbonyl (C=O) groups excluding carboxylic acids is 2. The molecule has 126 valence electrons. The van der Waals surface area contributed by atoms with Crippen molar-refractivity contribution in [1.82, 2.24) is 5.32 Å². The Bertz CT molecular complexity index is 766. The molecule has 3 N–H and O–H groups in total. The van der Waals surface area contributed by atoms with Gasteiger partial charge in [0, 0.05) is 5.69 Å². The third kappa shape index (κ3) is 4.45.